The van der Waals surface area contributed by atoms with Crippen LogP contribution in [0.3, 0.4) is 0 Å². The van der Waals surface area contributed by atoms with Crippen molar-refractivity contribution in [1.29, 1.82) is 0 Å². The van der Waals surface area contributed by atoms with Crippen LogP contribution in [0.2, 0.25) is 5.02 Å². The van der Waals surface area contributed by atoms with E-state index in [2.05, 4.69) is 36.9 Å². The molecular formula is C17H10ClN5OS2. The van der Waals surface area contributed by atoms with Crippen molar-refractivity contribution in [2.45, 2.75) is 10.9 Å². The van der Waals surface area contributed by atoms with E-state index < -0.39 is 0 Å². The van der Waals surface area contributed by atoms with Crippen LogP contribution in [-0.4, -0.2) is 24.8 Å². The smallest absolute Gasteiger partial charge is 0.249 e. The summed E-state index contributed by atoms with van der Waals surface area (Å²) in [7, 11) is 0. The molecule has 0 unspecified atom stereocenters. The summed E-state index contributed by atoms with van der Waals surface area (Å²) in [6.45, 7) is 0. The lowest BCUT2D eigenvalue weighted by atomic mass is 10.2. The molecule has 0 fully saturated rings. The number of rotatable bonds is 4. The van der Waals surface area contributed by atoms with Crippen molar-refractivity contribution in [1.82, 2.24) is 24.8 Å². The van der Waals surface area contributed by atoms with Crippen molar-refractivity contribution in [3.8, 4) is 11.5 Å². The summed E-state index contributed by atoms with van der Waals surface area (Å²) >= 11 is 9.31. The Bertz CT molecular complexity index is 1230. The first-order valence-electron chi connectivity index (χ1n) is 7.72. The van der Waals surface area contributed by atoms with Gasteiger partial charge in [-0.3, -0.25) is 4.40 Å². The second-order valence-electron chi connectivity index (χ2n) is 5.44. The topological polar surface area (TPSA) is 69.1 Å². The Hall–Kier alpha value is -2.42. The lowest BCUT2D eigenvalue weighted by Crippen LogP contribution is -1.87. The Kier molecular flexibility index (Phi) is 3.88. The third-order valence-electron chi connectivity index (χ3n) is 3.81. The zero-order valence-electron chi connectivity index (χ0n) is 13.2. The number of benzene rings is 2. The van der Waals surface area contributed by atoms with Gasteiger partial charge in [0.15, 0.2) is 5.16 Å². The molecule has 0 N–H and O–H groups in total. The summed E-state index contributed by atoms with van der Waals surface area (Å²) in [6.07, 6.45) is 0. The highest BCUT2D eigenvalue weighted by atomic mass is 35.5. The molecule has 3 heterocycles. The first kappa shape index (κ1) is 15.8. The van der Waals surface area contributed by atoms with Crippen LogP contribution in [0.15, 0.2) is 58.1 Å². The van der Waals surface area contributed by atoms with Gasteiger partial charge < -0.3 is 4.42 Å². The van der Waals surface area contributed by atoms with E-state index in [9.17, 15) is 0 Å². The minimum absolute atomic E-state index is 0.415. The van der Waals surface area contributed by atoms with Crippen molar-refractivity contribution in [3.63, 3.8) is 0 Å². The van der Waals surface area contributed by atoms with Gasteiger partial charge in [0.05, 0.1) is 26.6 Å². The number of nitrogens with zero attached hydrogens (tertiary/aromatic N) is 5. The van der Waals surface area contributed by atoms with Gasteiger partial charge in [-0.1, -0.05) is 59.0 Å². The first-order valence-corrected chi connectivity index (χ1v) is 9.90. The van der Waals surface area contributed by atoms with Gasteiger partial charge in [0.1, 0.15) is 0 Å². The summed E-state index contributed by atoms with van der Waals surface area (Å²) in [5.74, 6) is 1.43. The molecule has 0 saturated heterocycles. The average molecular weight is 400 g/mol. The summed E-state index contributed by atoms with van der Waals surface area (Å²) < 4.78 is 8.98. The van der Waals surface area contributed by atoms with Crippen LogP contribution in [0, 0.1) is 0 Å². The van der Waals surface area contributed by atoms with Crippen LogP contribution in [-0.2, 0) is 5.75 Å². The normalized spacial score (nSPS) is 11.6. The Balaban J connectivity index is 1.42. The third-order valence-corrected chi connectivity index (χ3v) is 6.06. The molecule has 0 radical (unpaired) electrons. The first-order chi connectivity index (χ1) is 12.8. The predicted molar refractivity (Wildman–Crippen MR) is 103 cm³/mol. The number of para-hydroxylation sites is 1. The summed E-state index contributed by atoms with van der Waals surface area (Å²) in [5, 5.41) is 18.1. The van der Waals surface area contributed by atoms with Crippen molar-refractivity contribution in [3.05, 3.63) is 59.4 Å². The molecule has 0 aliphatic rings. The number of fused-ring (bicyclic) bond motifs is 3. The quantitative estimate of drug-likeness (QED) is 0.399. The number of hydrogen-bond donors (Lipinski definition) is 0. The maximum Gasteiger partial charge on any atom is 0.249 e. The Morgan fingerprint density at radius 3 is 2.77 bits per heavy atom. The second-order valence-corrected chi connectivity index (χ2v) is 7.80. The molecule has 0 bridgehead atoms. The largest absolute Gasteiger partial charge is 0.420 e. The van der Waals surface area contributed by atoms with Crippen LogP contribution in [0.5, 0.6) is 0 Å². The molecule has 0 saturated carbocycles. The number of hydrogen-bond acceptors (Lipinski definition) is 7. The van der Waals surface area contributed by atoms with Gasteiger partial charge in [-0.2, -0.15) is 0 Å². The fourth-order valence-electron chi connectivity index (χ4n) is 2.63. The molecule has 5 aromatic rings. The van der Waals surface area contributed by atoms with Crippen LogP contribution < -0.4 is 0 Å². The number of thioether (sulfide) groups is 1. The Labute approximate surface area is 160 Å². The van der Waals surface area contributed by atoms with E-state index in [0.717, 1.165) is 21.2 Å². The highest BCUT2D eigenvalue weighted by Crippen LogP contribution is 2.31. The standard InChI is InChI=1S/C17H10ClN5OS2/c18-11-6-2-1-5-10(11)15-20-19-14(24-15)9-25-16-21-22-17-23(16)12-7-3-4-8-13(12)26-17/h1-8H,9H2. The SMILES string of the molecule is Clc1ccccc1-c1nnc(CSc2nnc3sc4ccccc4n23)o1. The highest BCUT2D eigenvalue weighted by Gasteiger charge is 2.15. The maximum atomic E-state index is 6.18. The van der Waals surface area contributed by atoms with Gasteiger partial charge in [-0.15, -0.1) is 20.4 Å². The zero-order chi connectivity index (χ0) is 17.5. The van der Waals surface area contributed by atoms with Crippen LogP contribution >= 0.6 is 34.7 Å². The van der Waals surface area contributed by atoms with Crippen molar-refractivity contribution in [2.24, 2.45) is 0 Å². The van der Waals surface area contributed by atoms with Gasteiger partial charge >= 0.3 is 0 Å². The average Bonchev–Trinajstić information content (AvgIpc) is 3.35. The molecule has 3 aromatic heterocycles. The molecule has 9 heteroatoms. The van der Waals surface area contributed by atoms with E-state index in [1.165, 1.54) is 16.5 Å². The molecule has 0 amide bonds. The van der Waals surface area contributed by atoms with E-state index in [0.29, 0.717) is 22.6 Å². The Morgan fingerprint density at radius 2 is 1.85 bits per heavy atom. The molecule has 5 rings (SSSR count). The number of halogens is 1. The van der Waals surface area contributed by atoms with Crippen LogP contribution in [0.4, 0.5) is 0 Å². The number of thiazole rings is 1. The fourth-order valence-corrected chi connectivity index (χ4v) is 4.65. The summed E-state index contributed by atoms with van der Waals surface area (Å²) in [6, 6.07) is 15.6. The van der Waals surface area contributed by atoms with Gasteiger partial charge in [0.25, 0.3) is 0 Å². The van der Waals surface area contributed by atoms with E-state index in [1.54, 1.807) is 17.4 Å². The van der Waals surface area contributed by atoms with Crippen LogP contribution in [0.25, 0.3) is 26.6 Å². The molecular weight excluding hydrogens is 390 g/mol. The highest BCUT2D eigenvalue weighted by molar-refractivity contribution is 7.98. The van der Waals surface area contributed by atoms with E-state index in [1.807, 2.05) is 30.3 Å². The van der Waals surface area contributed by atoms with Crippen molar-refractivity contribution < 1.29 is 4.42 Å². The van der Waals surface area contributed by atoms with Crippen molar-refractivity contribution >= 4 is 49.9 Å². The van der Waals surface area contributed by atoms with E-state index >= 15 is 0 Å². The third kappa shape index (κ3) is 2.66. The maximum absolute atomic E-state index is 6.18. The van der Waals surface area contributed by atoms with Crippen molar-refractivity contribution in [2.75, 3.05) is 0 Å². The number of aromatic nitrogens is 5. The monoisotopic (exact) mass is 399 g/mol. The molecule has 6 nitrogen and oxygen atoms in total. The molecule has 0 atom stereocenters. The molecule has 2 aromatic carbocycles. The van der Waals surface area contributed by atoms with E-state index in [4.69, 9.17) is 16.0 Å². The molecule has 0 aliphatic heterocycles. The van der Waals surface area contributed by atoms with Gasteiger partial charge in [-0.25, -0.2) is 0 Å². The predicted octanol–water partition coefficient (Wildman–Crippen LogP) is 4.94. The second kappa shape index (κ2) is 6.39. The molecule has 0 spiro atoms. The summed E-state index contributed by atoms with van der Waals surface area (Å²) in [4.78, 5) is 0.871. The zero-order valence-corrected chi connectivity index (χ0v) is 15.6. The summed E-state index contributed by atoms with van der Waals surface area (Å²) in [5.41, 5.74) is 1.83. The molecule has 26 heavy (non-hydrogen) atoms. The fraction of sp³-hybridized carbons (Fsp3) is 0.0588. The van der Waals surface area contributed by atoms with Gasteiger partial charge in [0.2, 0.25) is 16.7 Å². The Morgan fingerprint density at radius 1 is 1.00 bits per heavy atom. The molecule has 128 valence electrons. The minimum Gasteiger partial charge on any atom is -0.420 e. The van der Waals surface area contributed by atoms with Crippen LogP contribution in [0.1, 0.15) is 5.89 Å². The van der Waals surface area contributed by atoms with Gasteiger partial charge in [0, 0.05) is 0 Å². The van der Waals surface area contributed by atoms with E-state index in [-0.39, 0.29) is 0 Å². The van der Waals surface area contributed by atoms with Gasteiger partial charge in [-0.05, 0) is 24.3 Å². The lowest BCUT2D eigenvalue weighted by Gasteiger charge is -1.98. The molecule has 0 aliphatic carbocycles. The minimum atomic E-state index is 0.415. The lowest BCUT2D eigenvalue weighted by molar-refractivity contribution is 0.528.